The van der Waals surface area contributed by atoms with Crippen LogP contribution in [0.3, 0.4) is 0 Å². The first-order valence-electron chi connectivity index (χ1n) is 12.2. The van der Waals surface area contributed by atoms with Gasteiger partial charge < -0.3 is 9.73 Å². The van der Waals surface area contributed by atoms with Crippen molar-refractivity contribution < 1.29 is 22.4 Å². The topological polar surface area (TPSA) is 67.2 Å². The number of alkyl halides is 3. The molecule has 0 radical (unpaired) electrons. The van der Waals surface area contributed by atoms with Crippen LogP contribution in [0.4, 0.5) is 13.2 Å². The van der Waals surface area contributed by atoms with E-state index in [-0.39, 0.29) is 18.5 Å². The molecule has 2 N–H and O–H groups in total. The number of pyridine rings is 1. The molecule has 0 aliphatic heterocycles. The molecule has 1 amide bonds. The smallest absolute Gasteiger partial charge is 0.416 e. The molecule has 8 heteroatoms. The minimum atomic E-state index is -4.50. The molecule has 0 aliphatic rings. The van der Waals surface area contributed by atoms with E-state index in [1.54, 1.807) is 12.3 Å². The van der Waals surface area contributed by atoms with E-state index in [1.165, 1.54) is 19.2 Å². The summed E-state index contributed by atoms with van der Waals surface area (Å²) in [4.78, 5) is 17.1. The van der Waals surface area contributed by atoms with E-state index in [2.05, 4.69) is 21.7 Å². The Bertz CT molecular complexity index is 1620. The van der Waals surface area contributed by atoms with Crippen LogP contribution < -0.4 is 10.6 Å². The van der Waals surface area contributed by atoms with Crippen LogP contribution >= 0.6 is 0 Å². The average molecular weight is 518 g/mol. The van der Waals surface area contributed by atoms with Crippen molar-refractivity contribution in [3.8, 4) is 11.1 Å². The zero-order valence-corrected chi connectivity index (χ0v) is 20.9. The molecule has 0 bridgehead atoms. The van der Waals surface area contributed by atoms with E-state index in [0.717, 1.165) is 44.7 Å². The van der Waals surface area contributed by atoms with Crippen molar-refractivity contribution >= 4 is 27.8 Å². The maximum absolute atomic E-state index is 13.5. The highest BCUT2D eigenvalue weighted by molar-refractivity contribution is 6.06. The lowest BCUT2D eigenvalue weighted by molar-refractivity contribution is -0.138. The summed E-state index contributed by atoms with van der Waals surface area (Å²) in [6, 6.07) is 20.3. The van der Waals surface area contributed by atoms with Gasteiger partial charge in [-0.25, -0.2) is 0 Å². The van der Waals surface area contributed by atoms with Gasteiger partial charge in [-0.2, -0.15) is 13.2 Å². The molecule has 2 heterocycles. The van der Waals surface area contributed by atoms with E-state index in [4.69, 9.17) is 4.42 Å². The fourth-order valence-corrected chi connectivity index (χ4v) is 4.76. The van der Waals surface area contributed by atoms with Gasteiger partial charge in [-0.1, -0.05) is 42.5 Å². The lowest BCUT2D eigenvalue weighted by Gasteiger charge is -2.20. The van der Waals surface area contributed by atoms with Crippen LogP contribution in [0.2, 0.25) is 0 Å². The van der Waals surface area contributed by atoms with Gasteiger partial charge in [-0.3, -0.25) is 15.1 Å². The SMILES string of the molecule is CNC(=O)[C@H](Cc1ccccc1C(F)(F)F)NCc1cc(C)c(-c2ccc3oc4ccccc4c3c2)cn1. The summed E-state index contributed by atoms with van der Waals surface area (Å²) < 4.78 is 46.3. The number of nitrogens with zero attached hydrogens (tertiary/aromatic N) is 1. The highest BCUT2D eigenvalue weighted by Gasteiger charge is 2.34. The molecule has 0 spiro atoms. The standard InChI is InChI=1S/C30H26F3N3O2/c1-18-13-21(16-36-26(29(37)34-2)15-20-7-3-5-9-25(20)30(31,32)33)35-17-24(18)19-11-12-28-23(14-19)22-8-4-6-10-27(22)38-28/h3-14,17,26,36H,15-16H2,1-2H3,(H,34,37)/t26-/m0/s1. The Morgan fingerprint density at radius 3 is 2.47 bits per heavy atom. The second kappa shape index (κ2) is 10.3. The Hall–Kier alpha value is -4.17. The number of furan rings is 1. The van der Waals surface area contributed by atoms with Crippen LogP contribution in [-0.4, -0.2) is 24.0 Å². The van der Waals surface area contributed by atoms with Crippen molar-refractivity contribution in [2.24, 2.45) is 0 Å². The Labute approximate surface area is 217 Å². The first kappa shape index (κ1) is 25.5. The first-order valence-corrected chi connectivity index (χ1v) is 12.2. The van der Waals surface area contributed by atoms with Gasteiger partial charge in [0, 0.05) is 36.1 Å². The summed E-state index contributed by atoms with van der Waals surface area (Å²) in [5.41, 5.74) is 4.60. The largest absolute Gasteiger partial charge is 0.456 e. The Balaban J connectivity index is 1.36. The molecule has 5 aromatic rings. The third kappa shape index (κ3) is 5.13. The number of likely N-dealkylation sites (N-methyl/N-ethyl adjacent to an activating group) is 1. The maximum atomic E-state index is 13.5. The van der Waals surface area contributed by atoms with Crippen molar-refractivity contribution in [1.29, 1.82) is 0 Å². The molecule has 0 fully saturated rings. The normalized spacial score (nSPS) is 12.7. The number of hydrogen-bond acceptors (Lipinski definition) is 4. The van der Waals surface area contributed by atoms with Crippen molar-refractivity contribution in [3.05, 3.63) is 101 Å². The molecule has 194 valence electrons. The number of para-hydroxylation sites is 1. The van der Waals surface area contributed by atoms with Gasteiger partial charge in [-0.15, -0.1) is 0 Å². The summed E-state index contributed by atoms with van der Waals surface area (Å²) in [6.07, 6.45) is -2.82. The zero-order valence-electron chi connectivity index (χ0n) is 20.9. The fourth-order valence-electron chi connectivity index (χ4n) is 4.76. The number of nitrogens with one attached hydrogen (secondary N) is 2. The molecule has 3 aromatic carbocycles. The number of fused-ring (bicyclic) bond motifs is 3. The van der Waals surface area contributed by atoms with Gasteiger partial charge in [0.2, 0.25) is 5.91 Å². The van der Waals surface area contributed by atoms with Crippen LogP contribution in [0.1, 0.15) is 22.4 Å². The van der Waals surface area contributed by atoms with Crippen molar-refractivity contribution in [3.63, 3.8) is 0 Å². The maximum Gasteiger partial charge on any atom is 0.416 e. The van der Waals surface area contributed by atoms with Gasteiger partial charge in [0.1, 0.15) is 11.2 Å². The number of halogens is 3. The fraction of sp³-hybridized carbons (Fsp3) is 0.200. The first-order chi connectivity index (χ1) is 18.2. The van der Waals surface area contributed by atoms with Crippen molar-refractivity contribution in [2.75, 3.05) is 7.05 Å². The Morgan fingerprint density at radius 1 is 0.974 bits per heavy atom. The monoisotopic (exact) mass is 517 g/mol. The summed E-state index contributed by atoms with van der Waals surface area (Å²) in [5, 5.41) is 7.69. The molecule has 38 heavy (non-hydrogen) atoms. The van der Waals surface area contributed by atoms with Crippen LogP contribution in [0.15, 0.2) is 83.4 Å². The third-order valence-corrected chi connectivity index (χ3v) is 6.69. The summed E-state index contributed by atoms with van der Waals surface area (Å²) in [6.45, 7) is 2.20. The molecule has 0 saturated carbocycles. The second-order valence-electron chi connectivity index (χ2n) is 9.21. The van der Waals surface area contributed by atoms with Gasteiger partial charge >= 0.3 is 6.18 Å². The average Bonchev–Trinajstić information content (AvgIpc) is 3.28. The summed E-state index contributed by atoms with van der Waals surface area (Å²) in [7, 11) is 1.46. The van der Waals surface area contributed by atoms with Crippen LogP contribution in [0.25, 0.3) is 33.1 Å². The van der Waals surface area contributed by atoms with E-state index >= 15 is 0 Å². The van der Waals surface area contributed by atoms with E-state index in [1.807, 2.05) is 49.4 Å². The third-order valence-electron chi connectivity index (χ3n) is 6.69. The van der Waals surface area contributed by atoms with Crippen LogP contribution in [0.5, 0.6) is 0 Å². The van der Waals surface area contributed by atoms with Gasteiger partial charge in [0.05, 0.1) is 17.3 Å². The predicted molar refractivity (Wildman–Crippen MR) is 142 cm³/mol. The number of amides is 1. The lowest BCUT2D eigenvalue weighted by Crippen LogP contribution is -2.44. The van der Waals surface area contributed by atoms with Crippen molar-refractivity contribution in [2.45, 2.75) is 32.1 Å². The number of carbonyl (C=O) groups is 1. The van der Waals surface area contributed by atoms with E-state index in [9.17, 15) is 18.0 Å². The predicted octanol–water partition coefficient (Wildman–Crippen LogP) is 6.42. The minimum absolute atomic E-state index is 0.0581. The van der Waals surface area contributed by atoms with Crippen LogP contribution in [-0.2, 0) is 23.9 Å². The molecule has 0 unspecified atom stereocenters. The van der Waals surface area contributed by atoms with E-state index in [0.29, 0.717) is 5.69 Å². The lowest BCUT2D eigenvalue weighted by atomic mass is 9.98. The summed E-state index contributed by atoms with van der Waals surface area (Å²) in [5.74, 6) is -0.393. The van der Waals surface area contributed by atoms with Gasteiger partial charge in [0.25, 0.3) is 0 Å². The molecule has 0 saturated heterocycles. The molecule has 0 aliphatic carbocycles. The number of benzene rings is 3. The minimum Gasteiger partial charge on any atom is -0.456 e. The Morgan fingerprint density at radius 2 is 1.71 bits per heavy atom. The Kier molecular flexibility index (Phi) is 6.91. The molecule has 5 rings (SSSR count). The van der Waals surface area contributed by atoms with E-state index < -0.39 is 23.7 Å². The van der Waals surface area contributed by atoms with Crippen molar-refractivity contribution in [1.82, 2.24) is 15.6 Å². The molecular weight excluding hydrogens is 491 g/mol. The quantitative estimate of drug-likeness (QED) is 0.261. The molecule has 1 atom stereocenters. The highest BCUT2D eigenvalue weighted by atomic mass is 19.4. The van der Waals surface area contributed by atoms with Crippen LogP contribution in [0, 0.1) is 6.92 Å². The molecular formula is C30H26F3N3O2. The summed E-state index contributed by atoms with van der Waals surface area (Å²) >= 11 is 0. The highest BCUT2D eigenvalue weighted by Crippen LogP contribution is 2.34. The number of rotatable bonds is 7. The molecule has 5 nitrogen and oxygen atoms in total. The van der Waals surface area contributed by atoms with Gasteiger partial charge in [-0.05, 0) is 60.4 Å². The van der Waals surface area contributed by atoms with Gasteiger partial charge in [0.15, 0.2) is 0 Å². The number of aromatic nitrogens is 1. The molecule has 2 aromatic heterocycles. The zero-order chi connectivity index (χ0) is 26.9. The second-order valence-corrected chi connectivity index (χ2v) is 9.21. The number of aryl methyl sites for hydroxylation is 1. The number of carbonyl (C=O) groups excluding carboxylic acids is 1. The number of hydrogen-bond donors (Lipinski definition) is 2.